The van der Waals surface area contributed by atoms with Crippen LogP contribution in [-0.2, 0) is 9.53 Å². The van der Waals surface area contributed by atoms with Crippen LogP contribution >= 0.6 is 15.9 Å². The van der Waals surface area contributed by atoms with Gasteiger partial charge in [-0.3, -0.25) is 4.79 Å². The van der Waals surface area contributed by atoms with Crippen molar-refractivity contribution in [1.82, 2.24) is 0 Å². The average molecular weight is 524 g/mol. The molecule has 4 rings (SSSR count). The van der Waals surface area contributed by atoms with E-state index in [1.165, 1.54) is 50.5 Å². The molecule has 3 saturated carbocycles. The van der Waals surface area contributed by atoms with Crippen molar-refractivity contribution in [2.75, 3.05) is 5.33 Å². The highest BCUT2D eigenvalue weighted by Gasteiger charge is 2.61. The van der Waals surface area contributed by atoms with Gasteiger partial charge in [-0.15, -0.1) is 0 Å². The highest BCUT2D eigenvalue weighted by molar-refractivity contribution is 9.09. The van der Waals surface area contributed by atoms with E-state index in [0.29, 0.717) is 23.7 Å². The van der Waals surface area contributed by atoms with Gasteiger partial charge in [-0.1, -0.05) is 81.5 Å². The third-order valence-corrected chi connectivity index (χ3v) is 11.2. The van der Waals surface area contributed by atoms with E-state index in [0.717, 1.165) is 36.5 Å². The van der Waals surface area contributed by atoms with E-state index in [2.05, 4.69) is 56.6 Å². The molecule has 3 fully saturated rings. The molecular weight excluding hydrogens is 476 g/mol. The van der Waals surface area contributed by atoms with Crippen LogP contribution in [0.15, 0.2) is 11.6 Å². The van der Waals surface area contributed by atoms with Crippen LogP contribution in [0.4, 0.5) is 0 Å². The molecule has 9 atom stereocenters. The van der Waals surface area contributed by atoms with Gasteiger partial charge in [0.15, 0.2) is 0 Å². The first-order valence-corrected chi connectivity index (χ1v) is 14.9. The van der Waals surface area contributed by atoms with Gasteiger partial charge in [-0.2, -0.15) is 0 Å². The van der Waals surface area contributed by atoms with Gasteiger partial charge in [0.1, 0.15) is 11.4 Å². The van der Waals surface area contributed by atoms with Gasteiger partial charge in [0.25, 0.3) is 0 Å². The molecule has 1 unspecified atom stereocenters. The molecular formula is C29H47BrO3. The SMILES string of the molecule is CC(C)CCC[C@@H](C)[C@H]1CC[C@H]2[C@@H]3CC=C4C[C@@H](O)CC(OC(=O)CBr)[C@]4(C)[C@H]3CC[C@]12C. The lowest BCUT2D eigenvalue weighted by molar-refractivity contribution is -0.166. The van der Waals surface area contributed by atoms with E-state index < -0.39 is 6.10 Å². The molecule has 0 amide bonds. The Morgan fingerprint density at radius 2 is 1.94 bits per heavy atom. The molecule has 0 saturated heterocycles. The van der Waals surface area contributed by atoms with Crippen LogP contribution in [0.2, 0.25) is 0 Å². The number of carbonyl (C=O) groups excluding carboxylic acids is 1. The molecule has 0 aliphatic heterocycles. The Labute approximate surface area is 210 Å². The van der Waals surface area contributed by atoms with E-state index in [-0.39, 0.29) is 22.8 Å². The minimum absolute atomic E-state index is 0.123. The third kappa shape index (κ3) is 4.61. The first-order valence-electron chi connectivity index (χ1n) is 13.7. The lowest BCUT2D eigenvalue weighted by Crippen LogP contribution is -2.56. The van der Waals surface area contributed by atoms with E-state index in [1.54, 1.807) is 0 Å². The molecule has 0 radical (unpaired) electrons. The maximum absolute atomic E-state index is 12.3. The van der Waals surface area contributed by atoms with Gasteiger partial charge < -0.3 is 9.84 Å². The third-order valence-electron chi connectivity index (χ3n) is 10.7. The molecule has 0 heterocycles. The lowest BCUT2D eigenvalue weighted by Gasteiger charge is -2.60. The molecule has 3 nitrogen and oxygen atoms in total. The van der Waals surface area contributed by atoms with E-state index in [1.807, 2.05) is 0 Å². The highest BCUT2D eigenvalue weighted by Crippen LogP contribution is 2.67. The van der Waals surface area contributed by atoms with Crippen molar-refractivity contribution in [3.05, 3.63) is 11.6 Å². The Morgan fingerprint density at radius 3 is 2.64 bits per heavy atom. The van der Waals surface area contributed by atoms with Gasteiger partial charge in [0, 0.05) is 11.8 Å². The van der Waals surface area contributed by atoms with Crippen molar-refractivity contribution in [2.24, 2.45) is 46.3 Å². The second kappa shape index (κ2) is 9.96. The predicted octanol–water partition coefficient (Wildman–Crippen LogP) is 7.31. The highest BCUT2D eigenvalue weighted by atomic mass is 79.9. The van der Waals surface area contributed by atoms with E-state index >= 15 is 0 Å². The molecule has 0 aromatic rings. The zero-order valence-electron chi connectivity index (χ0n) is 21.6. The number of aliphatic hydroxyl groups excluding tert-OH is 1. The number of carbonyl (C=O) groups is 1. The van der Waals surface area contributed by atoms with Gasteiger partial charge in [-0.25, -0.2) is 0 Å². The van der Waals surface area contributed by atoms with Crippen LogP contribution in [0.1, 0.15) is 98.8 Å². The number of hydrogen-bond donors (Lipinski definition) is 1. The quantitative estimate of drug-likeness (QED) is 0.216. The summed E-state index contributed by atoms with van der Waals surface area (Å²) in [6.45, 7) is 12.2. The Balaban J connectivity index is 1.55. The molecule has 0 aromatic heterocycles. The summed E-state index contributed by atoms with van der Waals surface area (Å²) in [5.74, 6) is 4.31. The summed E-state index contributed by atoms with van der Waals surface area (Å²) in [7, 11) is 0. The Hall–Kier alpha value is -0.350. The fourth-order valence-corrected chi connectivity index (χ4v) is 9.19. The minimum atomic E-state index is -0.398. The van der Waals surface area contributed by atoms with Crippen molar-refractivity contribution in [1.29, 1.82) is 0 Å². The Kier molecular flexibility index (Phi) is 7.76. The zero-order valence-corrected chi connectivity index (χ0v) is 23.2. The number of alkyl halides is 1. The van der Waals surface area contributed by atoms with E-state index in [4.69, 9.17) is 4.74 Å². The second-order valence-electron chi connectivity index (χ2n) is 12.9. The van der Waals surface area contributed by atoms with Gasteiger partial charge >= 0.3 is 5.97 Å². The number of esters is 1. The van der Waals surface area contributed by atoms with Crippen molar-refractivity contribution in [3.63, 3.8) is 0 Å². The summed E-state index contributed by atoms with van der Waals surface area (Å²) in [6.07, 6.45) is 13.7. The summed E-state index contributed by atoms with van der Waals surface area (Å²) in [5.41, 5.74) is 1.69. The molecule has 0 bridgehead atoms. The molecule has 33 heavy (non-hydrogen) atoms. The second-order valence-corrected chi connectivity index (χ2v) is 13.4. The number of allylic oxidation sites excluding steroid dienone is 1. The summed E-state index contributed by atoms with van der Waals surface area (Å²) in [5, 5.41) is 10.8. The van der Waals surface area contributed by atoms with Crippen LogP contribution in [0.5, 0.6) is 0 Å². The largest absolute Gasteiger partial charge is 0.461 e. The van der Waals surface area contributed by atoms with Crippen LogP contribution in [0, 0.1) is 46.3 Å². The number of fused-ring (bicyclic) bond motifs is 5. The first kappa shape index (κ1) is 25.7. The van der Waals surface area contributed by atoms with Crippen LogP contribution in [-0.4, -0.2) is 28.6 Å². The van der Waals surface area contributed by atoms with Crippen molar-refractivity contribution in [3.8, 4) is 0 Å². The maximum atomic E-state index is 12.3. The number of hydrogen-bond acceptors (Lipinski definition) is 3. The number of halogens is 1. The normalized spacial score (nSPS) is 43.3. The fraction of sp³-hybridized carbons (Fsp3) is 0.897. The van der Waals surface area contributed by atoms with Gasteiger partial charge in [0.2, 0.25) is 0 Å². The van der Waals surface area contributed by atoms with Gasteiger partial charge in [0.05, 0.1) is 6.10 Å². The maximum Gasteiger partial charge on any atom is 0.316 e. The topological polar surface area (TPSA) is 46.5 Å². The zero-order chi connectivity index (χ0) is 24.0. The minimum Gasteiger partial charge on any atom is -0.461 e. The molecule has 4 heteroatoms. The van der Waals surface area contributed by atoms with Crippen molar-refractivity contribution in [2.45, 2.75) is 111 Å². The van der Waals surface area contributed by atoms with Crippen LogP contribution < -0.4 is 0 Å². The molecule has 188 valence electrons. The molecule has 1 N–H and O–H groups in total. The summed E-state index contributed by atoms with van der Waals surface area (Å²) in [6, 6.07) is 0. The number of ether oxygens (including phenoxy) is 1. The standard InChI is InChI=1S/C29H47BrO3/c1-18(2)7-6-8-19(3)23-11-12-24-22-10-9-20-15-21(31)16-26(33-27(32)17-30)29(20,5)25(22)13-14-28(23,24)4/h9,18-19,21-26,31H,6-8,10-17H2,1-5H3/t19-,21-,22+,23-,24+,25+,26?,28-,29+/m1/s1. The number of rotatable bonds is 7. The first-order chi connectivity index (χ1) is 15.6. The number of aliphatic hydroxyl groups is 1. The fourth-order valence-electron chi connectivity index (χ4n) is 9.06. The molecule has 4 aliphatic carbocycles. The summed E-state index contributed by atoms with van der Waals surface area (Å²) in [4.78, 5) is 12.3. The van der Waals surface area contributed by atoms with Gasteiger partial charge in [-0.05, 0) is 79.4 Å². The average Bonchev–Trinajstić information content (AvgIpc) is 3.11. The Bertz CT molecular complexity index is 747. The predicted molar refractivity (Wildman–Crippen MR) is 138 cm³/mol. The molecule has 0 aromatic carbocycles. The Morgan fingerprint density at radius 1 is 1.18 bits per heavy atom. The summed E-state index contributed by atoms with van der Waals surface area (Å²) < 4.78 is 6.01. The van der Waals surface area contributed by atoms with Crippen LogP contribution in [0.3, 0.4) is 0 Å². The summed E-state index contributed by atoms with van der Waals surface area (Å²) >= 11 is 3.27. The van der Waals surface area contributed by atoms with Crippen LogP contribution in [0.25, 0.3) is 0 Å². The van der Waals surface area contributed by atoms with Crippen molar-refractivity contribution >= 4 is 21.9 Å². The smallest absolute Gasteiger partial charge is 0.316 e. The van der Waals surface area contributed by atoms with Crippen molar-refractivity contribution < 1.29 is 14.6 Å². The molecule has 4 aliphatic rings. The molecule has 0 spiro atoms. The monoisotopic (exact) mass is 522 g/mol. The van der Waals surface area contributed by atoms with E-state index in [9.17, 15) is 9.90 Å². The lowest BCUT2D eigenvalue weighted by atomic mass is 9.46.